The third-order valence-electron chi connectivity index (χ3n) is 2.31. The van der Waals surface area contributed by atoms with E-state index in [0.29, 0.717) is 5.69 Å². The second kappa shape index (κ2) is 8.65. The van der Waals surface area contributed by atoms with E-state index in [1.54, 1.807) is 13.8 Å². The Balaban J connectivity index is 0.00000324. The number of carbonyl (C=O) groups is 2. The standard InChI is InChI=1S/C12H15FN2O3.K/c1-7(2)10(11(16)17)15-12(18)14-9-5-3-8(13)4-6-9;/h3-7,10H,1-2H3,(H,16,17)(H2,14,15,18);/q;+1/p-1. The van der Waals surface area contributed by atoms with Crippen molar-refractivity contribution < 1.29 is 70.5 Å². The molecule has 0 saturated heterocycles. The number of hydrogen-bond acceptors (Lipinski definition) is 3. The molecule has 1 atom stereocenters. The van der Waals surface area contributed by atoms with Crippen LogP contribution in [-0.2, 0) is 4.79 Å². The van der Waals surface area contributed by atoms with Crippen LogP contribution in [0.4, 0.5) is 14.9 Å². The monoisotopic (exact) mass is 292 g/mol. The van der Waals surface area contributed by atoms with Crippen LogP contribution in [0, 0.1) is 11.7 Å². The van der Waals surface area contributed by atoms with Crippen LogP contribution in [0.1, 0.15) is 13.8 Å². The molecule has 1 aromatic carbocycles. The number of rotatable bonds is 4. The zero-order chi connectivity index (χ0) is 13.7. The summed E-state index contributed by atoms with van der Waals surface area (Å²) < 4.78 is 12.6. The molecule has 0 fully saturated rings. The zero-order valence-electron chi connectivity index (χ0n) is 11.1. The normalized spacial score (nSPS) is 11.4. The Kier molecular flexibility index (Phi) is 8.43. The first-order chi connectivity index (χ1) is 8.40. The smallest absolute Gasteiger partial charge is 0.548 e. The number of urea groups is 1. The first kappa shape index (κ1) is 18.5. The first-order valence-electron chi connectivity index (χ1n) is 5.44. The number of anilines is 1. The molecule has 2 N–H and O–H groups in total. The molecule has 5 nitrogen and oxygen atoms in total. The van der Waals surface area contributed by atoms with E-state index in [9.17, 15) is 19.1 Å². The summed E-state index contributed by atoms with van der Waals surface area (Å²) in [5, 5.41) is 15.4. The number of halogens is 1. The maximum absolute atomic E-state index is 12.6. The summed E-state index contributed by atoms with van der Waals surface area (Å²) >= 11 is 0. The Morgan fingerprint density at radius 2 is 1.74 bits per heavy atom. The molecule has 0 heterocycles. The van der Waals surface area contributed by atoms with Crippen molar-refractivity contribution in [2.24, 2.45) is 5.92 Å². The molecule has 0 bridgehead atoms. The van der Waals surface area contributed by atoms with E-state index >= 15 is 0 Å². The fourth-order valence-electron chi connectivity index (χ4n) is 1.34. The molecule has 1 unspecified atom stereocenters. The van der Waals surface area contributed by atoms with Gasteiger partial charge in [-0.25, -0.2) is 9.18 Å². The van der Waals surface area contributed by atoms with Gasteiger partial charge in [-0.1, -0.05) is 13.8 Å². The quantitative estimate of drug-likeness (QED) is 0.614. The Morgan fingerprint density at radius 3 is 2.16 bits per heavy atom. The summed E-state index contributed by atoms with van der Waals surface area (Å²) in [6.45, 7) is 3.30. The average molecular weight is 292 g/mol. The van der Waals surface area contributed by atoms with Gasteiger partial charge in [0.15, 0.2) is 0 Å². The van der Waals surface area contributed by atoms with Gasteiger partial charge in [-0.3, -0.25) is 0 Å². The van der Waals surface area contributed by atoms with Crippen molar-refractivity contribution in [3.8, 4) is 0 Å². The third kappa shape index (κ3) is 6.48. The number of nitrogens with one attached hydrogen (secondary N) is 2. The van der Waals surface area contributed by atoms with Crippen molar-refractivity contribution in [1.29, 1.82) is 0 Å². The van der Waals surface area contributed by atoms with Gasteiger partial charge in [0.05, 0.1) is 12.0 Å². The van der Waals surface area contributed by atoms with Gasteiger partial charge in [0.25, 0.3) is 0 Å². The van der Waals surface area contributed by atoms with Crippen molar-refractivity contribution in [3.63, 3.8) is 0 Å². The molecule has 1 aromatic rings. The van der Waals surface area contributed by atoms with Gasteiger partial charge in [0.2, 0.25) is 0 Å². The molecule has 0 aliphatic rings. The minimum atomic E-state index is -1.35. The number of hydrogen-bond donors (Lipinski definition) is 2. The molecular formula is C12H14FKN2O3. The third-order valence-corrected chi connectivity index (χ3v) is 2.31. The minimum Gasteiger partial charge on any atom is -0.548 e. The number of aliphatic carboxylic acids is 1. The Bertz CT molecular complexity index is 437. The van der Waals surface area contributed by atoms with Gasteiger partial charge in [0.1, 0.15) is 5.82 Å². The van der Waals surface area contributed by atoms with Gasteiger partial charge < -0.3 is 20.5 Å². The van der Waals surface area contributed by atoms with E-state index in [1.807, 2.05) is 0 Å². The number of amides is 2. The van der Waals surface area contributed by atoms with E-state index in [-0.39, 0.29) is 57.3 Å². The SMILES string of the molecule is CC(C)C(NC(=O)Nc1ccc(F)cc1)C(=O)[O-].[K+]. The molecule has 1 rings (SSSR count). The summed E-state index contributed by atoms with van der Waals surface area (Å²) in [6, 6.07) is 3.37. The number of benzene rings is 1. The Morgan fingerprint density at radius 1 is 1.21 bits per heavy atom. The van der Waals surface area contributed by atoms with E-state index in [2.05, 4.69) is 10.6 Å². The molecule has 98 valence electrons. The van der Waals surface area contributed by atoms with E-state index in [0.717, 1.165) is 0 Å². The Labute approximate surface area is 153 Å². The molecule has 0 spiro atoms. The molecule has 0 saturated carbocycles. The van der Waals surface area contributed by atoms with Crippen LogP contribution in [0.2, 0.25) is 0 Å². The van der Waals surface area contributed by atoms with Gasteiger partial charge in [-0.15, -0.1) is 0 Å². The van der Waals surface area contributed by atoms with Crippen LogP contribution in [0.5, 0.6) is 0 Å². The van der Waals surface area contributed by atoms with Crippen molar-refractivity contribution in [2.75, 3.05) is 5.32 Å². The Hall–Kier alpha value is -0.474. The first-order valence-corrected chi connectivity index (χ1v) is 5.44. The average Bonchev–Trinajstić information content (AvgIpc) is 2.28. The molecule has 19 heavy (non-hydrogen) atoms. The maximum atomic E-state index is 12.6. The molecule has 0 aliphatic carbocycles. The van der Waals surface area contributed by atoms with Crippen molar-refractivity contribution in [2.45, 2.75) is 19.9 Å². The summed E-state index contributed by atoms with van der Waals surface area (Å²) in [7, 11) is 0. The summed E-state index contributed by atoms with van der Waals surface area (Å²) in [5.74, 6) is -2.07. The maximum Gasteiger partial charge on any atom is 1.00 e. The number of carboxylic acid groups (broad SMARTS) is 1. The van der Waals surface area contributed by atoms with Crippen molar-refractivity contribution in [3.05, 3.63) is 30.1 Å². The molecule has 0 aliphatic heterocycles. The molecule has 0 radical (unpaired) electrons. The number of carboxylic acids is 1. The molecule has 0 aromatic heterocycles. The van der Waals surface area contributed by atoms with Gasteiger partial charge in [0, 0.05) is 5.69 Å². The summed E-state index contributed by atoms with van der Waals surface area (Å²) in [6.07, 6.45) is 0. The van der Waals surface area contributed by atoms with E-state index < -0.39 is 23.9 Å². The summed E-state index contributed by atoms with van der Waals surface area (Å²) in [5.41, 5.74) is 0.370. The van der Waals surface area contributed by atoms with E-state index in [4.69, 9.17) is 0 Å². The van der Waals surface area contributed by atoms with Gasteiger partial charge >= 0.3 is 57.4 Å². The predicted octanol–water partition coefficient (Wildman–Crippen LogP) is -2.27. The largest absolute Gasteiger partial charge is 1.00 e. The molecule has 2 amide bonds. The van der Waals surface area contributed by atoms with Crippen molar-refractivity contribution in [1.82, 2.24) is 5.32 Å². The fourth-order valence-corrected chi connectivity index (χ4v) is 1.34. The minimum absolute atomic E-state index is 0. The van der Waals surface area contributed by atoms with Crippen LogP contribution < -0.4 is 67.1 Å². The topological polar surface area (TPSA) is 81.3 Å². The van der Waals surface area contributed by atoms with Crippen molar-refractivity contribution >= 4 is 17.7 Å². The van der Waals surface area contributed by atoms with Crippen LogP contribution in [0.15, 0.2) is 24.3 Å². The molecule has 7 heteroatoms. The summed E-state index contributed by atoms with van der Waals surface area (Å²) in [4.78, 5) is 22.3. The fraction of sp³-hybridized carbons (Fsp3) is 0.333. The van der Waals surface area contributed by atoms with Gasteiger partial charge in [-0.2, -0.15) is 0 Å². The number of carbonyl (C=O) groups excluding carboxylic acids is 2. The van der Waals surface area contributed by atoms with Crippen LogP contribution in [0.3, 0.4) is 0 Å². The van der Waals surface area contributed by atoms with Crippen LogP contribution in [0.25, 0.3) is 0 Å². The van der Waals surface area contributed by atoms with Crippen LogP contribution in [-0.4, -0.2) is 18.0 Å². The second-order valence-electron chi connectivity index (χ2n) is 4.15. The van der Waals surface area contributed by atoms with Gasteiger partial charge in [-0.05, 0) is 30.2 Å². The zero-order valence-corrected chi connectivity index (χ0v) is 14.2. The molecular weight excluding hydrogens is 278 g/mol. The predicted molar refractivity (Wildman–Crippen MR) is 62.2 cm³/mol. The van der Waals surface area contributed by atoms with Crippen LogP contribution >= 0.6 is 0 Å². The second-order valence-corrected chi connectivity index (χ2v) is 4.15. The van der Waals surface area contributed by atoms with E-state index in [1.165, 1.54) is 24.3 Å².